The van der Waals surface area contributed by atoms with Crippen LogP contribution in [0.25, 0.3) is 0 Å². The fourth-order valence-electron chi connectivity index (χ4n) is 0.999. The number of primary amides is 1. The maximum atomic E-state index is 10.8. The monoisotopic (exact) mass is 199 g/mol. The Balaban J connectivity index is 4.14. The van der Waals surface area contributed by atoms with E-state index in [1.165, 1.54) is 0 Å². The number of nitrogens with zero attached hydrogens (tertiary/aromatic N) is 1. The maximum Gasteiger partial charge on any atom is 0.329 e. The third-order valence-electron chi connectivity index (χ3n) is 1.62. The van der Waals surface area contributed by atoms with Gasteiger partial charge in [0.05, 0.1) is 0 Å². The summed E-state index contributed by atoms with van der Waals surface area (Å²) in [5, 5.41) is 3.84. The highest BCUT2D eigenvalue weighted by atomic mass is 16.2. The van der Waals surface area contributed by atoms with Crippen LogP contribution in [0.4, 0.5) is 0 Å². The SMILES string of the molecule is CCCC(CCC)=NNC(=O)C(N)=O. The zero-order chi connectivity index (χ0) is 11.0. The molecule has 0 aliphatic carbocycles. The van der Waals surface area contributed by atoms with Gasteiger partial charge in [0, 0.05) is 5.71 Å². The Hall–Kier alpha value is -1.39. The summed E-state index contributed by atoms with van der Waals surface area (Å²) in [7, 11) is 0. The molecule has 0 fully saturated rings. The fourth-order valence-corrected chi connectivity index (χ4v) is 0.999. The number of hydrogen-bond donors (Lipinski definition) is 2. The normalized spacial score (nSPS) is 9.29. The molecule has 0 rings (SSSR count). The predicted octanol–water partition coefficient (Wildman–Crippen LogP) is 0.544. The topological polar surface area (TPSA) is 84.6 Å². The van der Waals surface area contributed by atoms with Crippen molar-refractivity contribution in [2.24, 2.45) is 10.8 Å². The van der Waals surface area contributed by atoms with Gasteiger partial charge in [-0.05, 0) is 12.8 Å². The van der Waals surface area contributed by atoms with Crippen LogP contribution in [0.3, 0.4) is 0 Å². The lowest BCUT2D eigenvalue weighted by atomic mass is 10.1. The Morgan fingerprint density at radius 1 is 1.21 bits per heavy atom. The minimum absolute atomic E-state index is 0.826. The van der Waals surface area contributed by atoms with Gasteiger partial charge in [-0.2, -0.15) is 5.10 Å². The van der Waals surface area contributed by atoms with Crippen LogP contribution in [-0.4, -0.2) is 17.5 Å². The van der Waals surface area contributed by atoms with E-state index in [2.05, 4.69) is 10.5 Å². The average molecular weight is 199 g/mol. The van der Waals surface area contributed by atoms with Crippen LogP contribution in [0.1, 0.15) is 39.5 Å². The van der Waals surface area contributed by atoms with E-state index in [0.717, 1.165) is 31.4 Å². The molecule has 0 heterocycles. The summed E-state index contributed by atoms with van der Waals surface area (Å²) in [4.78, 5) is 21.1. The van der Waals surface area contributed by atoms with E-state index in [9.17, 15) is 9.59 Å². The molecule has 14 heavy (non-hydrogen) atoms. The quantitative estimate of drug-likeness (QED) is 0.385. The third kappa shape index (κ3) is 5.29. The lowest BCUT2D eigenvalue weighted by molar-refractivity contribution is -0.137. The van der Waals surface area contributed by atoms with Gasteiger partial charge in [-0.25, -0.2) is 5.43 Å². The molecule has 0 saturated heterocycles. The van der Waals surface area contributed by atoms with Crippen molar-refractivity contribution >= 4 is 17.5 Å². The van der Waals surface area contributed by atoms with Gasteiger partial charge in [-0.1, -0.05) is 26.7 Å². The number of hydrogen-bond acceptors (Lipinski definition) is 3. The van der Waals surface area contributed by atoms with E-state index in [-0.39, 0.29) is 0 Å². The molecule has 3 N–H and O–H groups in total. The van der Waals surface area contributed by atoms with E-state index in [4.69, 9.17) is 5.73 Å². The molecule has 0 radical (unpaired) electrons. The van der Waals surface area contributed by atoms with Crippen molar-refractivity contribution in [3.63, 3.8) is 0 Å². The summed E-state index contributed by atoms with van der Waals surface area (Å²) in [5.74, 6) is -1.88. The number of amides is 2. The lowest BCUT2D eigenvalue weighted by Crippen LogP contribution is -2.33. The summed E-state index contributed by atoms with van der Waals surface area (Å²) in [6.07, 6.45) is 3.58. The average Bonchev–Trinajstić information content (AvgIpc) is 2.14. The third-order valence-corrected chi connectivity index (χ3v) is 1.62. The largest absolute Gasteiger partial charge is 0.361 e. The molecule has 2 amide bonds. The van der Waals surface area contributed by atoms with Crippen LogP contribution < -0.4 is 11.2 Å². The van der Waals surface area contributed by atoms with Gasteiger partial charge in [-0.15, -0.1) is 0 Å². The summed E-state index contributed by atoms with van der Waals surface area (Å²) < 4.78 is 0. The molecule has 0 spiro atoms. The number of carbonyl (C=O) groups excluding carboxylic acids is 2. The summed E-state index contributed by atoms with van der Waals surface area (Å²) in [6.45, 7) is 4.06. The minimum Gasteiger partial charge on any atom is -0.361 e. The standard InChI is InChI=1S/C9H17N3O2/c1-3-5-7(6-4-2)11-12-9(14)8(10)13/h3-6H2,1-2H3,(H2,10,13)(H,12,14). The Morgan fingerprint density at radius 2 is 1.71 bits per heavy atom. The van der Waals surface area contributed by atoms with Crippen LogP contribution in [0.5, 0.6) is 0 Å². The van der Waals surface area contributed by atoms with E-state index >= 15 is 0 Å². The number of nitrogens with one attached hydrogen (secondary N) is 1. The first-order valence-corrected chi connectivity index (χ1v) is 4.77. The van der Waals surface area contributed by atoms with Crippen LogP contribution in [0.15, 0.2) is 5.10 Å². The van der Waals surface area contributed by atoms with Crippen molar-refractivity contribution in [3.8, 4) is 0 Å². The summed E-state index contributed by atoms with van der Waals surface area (Å²) >= 11 is 0. The van der Waals surface area contributed by atoms with Crippen LogP contribution in [-0.2, 0) is 9.59 Å². The molecule has 0 bridgehead atoms. The zero-order valence-corrected chi connectivity index (χ0v) is 8.67. The summed E-state index contributed by atoms with van der Waals surface area (Å²) in [6, 6.07) is 0. The Bertz CT molecular complexity index is 228. The molecule has 0 aliphatic rings. The fraction of sp³-hybridized carbons (Fsp3) is 0.667. The molecular formula is C9H17N3O2. The second-order valence-corrected chi connectivity index (χ2v) is 2.98. The lowest BCUT2D eigenvalue weighted by Gasteiger charge is -2.02. The molecule has 5 heteroatoms. The number of rotatable bonds is 5. The van der Waals surface area contributed by atoms with E-state index < -0.39 is 11.8 Å². The molecule has 0 saturated carbocycles. The van der Waals surface area contributed by atoms with Gasteiger partial charge in [0.25, 0.3) is 0 Å². The van der Waals surface area contributed by atoms with Gasteiger partial charge in [0.15, 0.2) is 0 Å². The van der Waals surface area contributed by atoms with Gasteiger partial charge < -0.3 is 5.73 Å². The Labute approximate surface area is 83.7 Å². The van der Waals surface area contributed by atoms with Crippen molar-refractivity contribution < 1.29 is 9.59 Å². The minimum atomic E-state index is -1.01. The predicted molar refractivity (Wildman–Crippen MR) is 54.6 cm³/mol. The van der Waals surface area contributed by atoms with Gasteiger partial charge >= 0.3 is 11.8 Å². The molecule has 0 unspecified atom stereocenters. The maximum absolute atomic E-state index is 10.8. The highest BCUT2D eigenvalue weighted by Gasteiger charge is 2.06. The number of carbonyl (C=O) groups is 2. The van der Waals surface area contributed by atoms with Crippen molar-refractivity contribution in [2.75, 3.05) is 0 Å². The molecule has 0 aromatic carbocycles. The molecular weight excluding hydrogens is 182 g/mol. The first-order chi connectivity index (χ1) is 6.61. The number of nitrogens with two attached hydrogens (primary N) is 1. The first kappa shape index (κ1) is 12.6. The van der Waals surface area contributed by atoms with E-state index in [1.807, 2.05) is 13.8 Å². The number of hydrazone groups is 1. The van der Waals surface area contributed by atoms with Crippen molar-refractivity contribution in [3.05, 3.63) is 0 Å². The highest BCUT2D eigenvalue weighted by molar-refractivity contribution is 6.34. The highest BCUT2D eigenvalue weighted by Crippen LogP contribution is 1.99. The second-order valence-electron chi connectivity index (χ2n) is 2.98. The molecule has 5 nitrogen and oxygen atoms in total. The molecule has 0 atom stereocenters. The van der Waals surface area contributed by atoms with Gasteiger partial charge in [0.2, 0.25) is 0 Å². The van der Waals surface area contributed by atoms with Crippen LogP contribution >= 0.6 is 0 Å². The van der Waals surface area contributed by atoms with E-state index in [1.54, 1.807) is 0 Å². The van der Waals surface area contributed by atoms with E-state index in [0.29, 0.717) is 0 Å². The van der Waals surface area contributed by atoms with Crippen LogP contribution in [0.2, 0.25) is 0 Å². The molecule has 0 aliphatic heterocycles. The van der Waals surface area contributed by atoms with Crippen molar-refractivity contribution in [1.82, 2.24) is 5.43 Å². The van der Waals surface area contributed by atoms with Crippen LogP contribution in [0, 0.1) is 0 Å². The summed E-state index contributed by atoms with van der Waals surface area (Å²) in [5.41, 5.74) is 7.77. The Morgan fingerprint density at radius 3 is 2.07 bits per heavy atom. The molecule has 0 aromatic heterocycles. The van der Waals surface area contributed by atoms with Crippen molar-refractivity contribution in [2.45, 2.75) is 39.5 Å². The second kappa shape index (κ2) is 7.06. The van der Waals surface area contributed by atoms with Crippen molar-refractivity contribution in [1.29, 1.82) is 0 Å². The molecule has 80 valence electrons. The van der Waals surface area contributed by atoms with Gasteiger partial charge in [0.1, 0.15) is 0 Å². The smallest absolute Gasteiger partial charge is 0.329 e. The van der Waals surface area contributed by atoms with Gasteiger partial charge in [-0.3, -0.25) is 9.59 Å². The zero-order valence-electron chi connectivity index (χ0n) is 8.67. The first-order valence-electron chi connectivity index (χ1n) is 4.77. The Kier molecular flexibility index (Phi) is 6.36. The molecule has 0 aromatic rings.